The van der Waals surface area contributed by atoms with Gasteiger partial charge in [-0.25, -0.2) is 0 Å². The van der Waals surface area contributed by atoms with Crippen LogP contribution in [-0.2, 0) is 4.74 Å². The van der Waals surface area contributed by atoms with Gasteiger partial charge in [-0.05, 0) is 67.1 Å². The summed E-state index contributed by atoms with van der Waals surface area (Å²) in [4.78, 5) is 0. The zero-order valence-corrected chi connectivity index (χ0v) is 14.0. The highest BCUT2D eigenvalue weighted by Crippen LogP contribution is 2.46. The van der Waals surface area contributed by atoms with Crippen LogP contribution in [0.3, 0.4) is 0 Å². The van der Waals surface area contributed by atoms with Crippen LogP contribution in [0.15, 0.2) is 47.6 Å². The number of hydrogen-bond donors (Lipinski definition) is 0. The first-order valence-corrected chi connectivity index (χ1v) is 8.21. The molecule has 0 aromatic rings. The van der Waals surface area contributed by atoms with E-state index in [9.17, 15) is 0 Å². The van der Waals surface area contributed by atoms with Crippen molar-refractivity contribution in [1.82, 2.24) is 0 Å². The van der Waals surface area contributed by atoms with Gasteiger partial charge in [-0.2, -0.15) is 0 Å². The lowest BCUT2D eigenvalue weighted by molar-refractivity contribution is 0.204. The van der Waals surface area contributed by atoms with Gasteiger partial charge in [0.15, 0.2) is 0 Å². The zero-order chi connectivity index (χ0) is 15.5. The molecule has 1 aliphatic heterocycles. The minimum absolute atomic E-state index is 0.256. The molecule has 0 radical (unpaired) electrons. The second-order valence-electron chi connectivity index (χ2n) is 7.36. The number of allylic oxidation sites excluding steroid dienone is 5. The van der Waals surface area contributed by atoms with E-state index < -0.39 is 0 Å². The van der Waals surface area contributed by atoms with Gasteiger partial charge < -0.3 is 4.74 Å². The smallest absolute Gasteiger partial charge is 0.0680 e. The number of ether oxygens (including phenoxy) is 1. The Morgan fingerprint density at radius 1 is 1.38 bits per heavy atom. The normalized spacial score (nSPS) is 25.5. The van der Waals surface area contributed by atoms with Gasteiger partial charge in [0.05, 0.1) is 13.2 Å². The van der Waals surface area contributed by atoms with E-state index in [4.69, 9.17) is 4.74 Å². The van der Waals surface area contributed by atoms with Crippen LogP contribution < -0.4 is 0 Å². The minimum atomic E-state index is 0.256. The van der Waals surface area contributed by atoms with E-state index in [0.29, 0.717) is 5.92 Å². The average Bonchev–Trinajstić information content (AvgIpc) is 2.90. The van der Waals surface area contributed by atoms with Crippen LogP contribution in [0.25, 0.3) is 0 Å². The molecule has 1 saturated heterocycles. The van der Waals surface area contributed by atoms with Crippen LogP contribution in [0, 0.1) is 11.3 Å². The molecular formula is C20H30O. The molecule has 1 fully saturated rings. The molecular weight excluding hydrogens is 256 g/mol. The fourth-order valence-corrected chi connectivity index (χ4v) is 3.96. The molecule has 1 heterocycles. The van der Waals surface area contributed by atoms with E-state index in [-0.39, 0.29) is 5.41 Å². The Bertz CT molecular complexity index is 468. The highest BCUT2D eigenvalue weighted by molar-refractivity contribution is 5.39. The molecule has 21 heavy (non-hydrogen) atoms. The van der Waals surface area contributed by atoms with Crippen molar-refractivity contribution in [2.24, 2.45) is 11.3 Å². The predicted octanol–water partition coefficient (Wildman–Crippen LogP) is 5.61. The van der Waals surface area contributed by atoms with E-state index in [2.05, 4.69) is 46.1 Å². The maximum Gasteiger partial charge on any atom is 0.0680 e. The lowest BCUT2D eigenvalue weighted by Crippen LogP contribution is -2.28. The lowest BCUT2D eigenvalue weighted by atomic mass is 9.65. The summed E-state index contributed by atoms with van der Waals surface area (Å²) in [6, 6.07) is 0. The van der Waals surface area contributed by atoms with Gasteiger partial charge in [0.2, 0.25) is 0 Å². The first-order chi connectivity index (χ1) is 9.94. The molecule has 2 aliphatic rings. The second kappa shape index (κ2) is 6.79. The molecule has 1 heteroatoms. The summed E-state index contributed by atoms with van der Waals surface area (Å²) in [6.07, 6.45) is 10.4. The molecule has 0 N–H and O–H groups in total. The SMILES string of the molecule is C=CC1=C(/C=C2/CCOC2)[C@H](C(C)(C)CC(=C)C)CCC1. The Labute approximate surface area is 130 Å². The molecule has 1 nitrogen and oxygen atoms in total. The van der Waals surface area contributed by atoms with E-state index in [1.54, 1.807) is 0 Å². The van der Waals surface area contributed by atoms with Gasteiger partial charge in [0.1, 0.15) is 0 Å². The summed E-state index contributed by atoms with van der Waals surface area (Å²) >= 11 is 0. The van der Waals surface area contributed by atoms with Crippen LogP contribution in [0.5, 0.6) is 0 Å². The summed E-state index contributed by atoms with van der Waals surface area (Å²) in [5.74, 6) is 0.601. The van der Waals surface area contributed by atoms with Crippen molar-refractivity contribution in [3.63, 3.8) is 0 Å². The van der Waals surface area contributed by atoms with E-state index in [0.717, 1.165) is 26.1 Å². The Morgan fingerprint density at radius 3 is 2.71 bits per heavy atom. The largest absolute Gasteiger partial charge is 0.377 e. The van der Waals surface area contributed by atoms with Crippen molar-refractivity contribution >= 4 is 0 Å². The van der Waals surface area contributed by atoms with Crippen LogP contribution in [-0.4, -0.2) is 13.2 Å². The van der Waals surface area contributed by atoms with Gasteiger partial charge in [-0.15, -0.1) is 6.58 Å². The second-order valence-corrected chi connectivity index (χ2v) is 7.36. The van der Waals surface area contributed by atoms with Gasteiger partial charge in [-0.3, -0.25) is 0 Å². The summed E-state index contributed by atoms with van der Waals surface area (Å²) in [7, 11) is 0. The van der Waals surface area contributed by atoms with Crippen molar-refractivity contribution in [2.75, 3.05) is 13.2 Å². The topological polar surface area (TPSA) is 9.23 Å². The molecule has 0 unspecified atom stereocenters. The van der Waals surface area contributed by atoms with Gasteiger partial charge in [-0.1, -0.05) is 38.2 Å². The third kappa shape index (κ3) is 3.97. The molecule has 1 atom stereocenters. The molecule has 0 aromatic carbocycles. The molecule has 0 saturated carbocycles. The Balaban J connectivity index is 2.35. The van der Waals surface area contributed by atoms with Crippen molar-refractivity contribution < 1.29 is 4.74 Å². The lowest BCUT2D eigenvalue weighted by Gasteiger charge is -2.39. The Hall–Kier alpha value is -1.08. The standard InChI is InChI=1S/C20H30O/c1-6-17-8-7-9-19(20(4,5)13-15(2)3)18(17)12-16-10-11-21-14-16/h6,12,19H,1-2,7-11,13-14H2,3-5H3/b16-12-/t19-/m1/s1. The molecule has 0 aromatic heterocycles. The fraction of sp³-hybridized carbons (Fsp3) is 0.600. The first-order valence-electron chi connectivity index (χ1n) is 8.21. The molecule has 2 rings (SSSR count). The maximum absolute atomic E-state index is 5.52. The Kier molecular flexibility index (Phi) is 5.27. The van der Waals surface area contributed by atoms with Gasteiger partial charge in [0.25, 0.3) is 0 Å². The van der Waals surface area contributed by atoms with Crippen LogP contribution in [0.2, 0.25) is 0 Å². The molecule has 116 valence electrons. The highest BCUT2D eigenvalue weighted by atomic mass is 16.5. The van der Waals surface area contributed by atoms with E-state index in [1.807, 2.05) is 0 Å². The van der Waals surface area contributed by atoms with Gasteiger partial charge in [0, 0.05) is 0 Å². The Morgan fingerprint density at radius 2 is 2.14 bits per heavy atom. The van der Waals surface area contributed by atoms with E-state index in [1.165, 1.54) is 41.6 Å². The fourth-order valence-electron chi connectivity index (χ4n) is 3.96. The van der Waals surface area contributed by atoms with Crippen LogP contribution in [0.4, 0.5) is 0 Å². The molecule has 1 aliphatic carbocycles. The predicted molar refractivity (Wildman–Crippen MR) is 91.3 cm³/mol. The quantitative estimate of drug-likeness (QED) is 0.597. The average molecular weight is 286 g/mol. The molecule has 0 spiro atoms. The highest BCUT2D eigenvalue weighted by Gasteiger charge is 2.34. The third-order valence-electron chi connectivity index (χ3n) is 4.85. The monoisotopic (exact) mass is 286 g/mol. The maximum atomic E-state index is 5.52. The zero-order valence-electron chi connectivity index (χ0n) is 14.0. The summed E-state index contributed by atoms with van der Waals surface area (Å²) in [5.41, 5.74) is 5.94. The van der Waals surface area contributed by atoms with Crippen molar-refractivity contribution in [3.05, 3.63) is 47.6 Å². The summed E-state index contributed by atoms with van der Waals surface area (Å²) in [6.45, 7) is 16.8. The van der Waals surface area contributed by atoms with Crippen LogP contribution >= 0.6 is 0 Å². The van der Waals surface area contributed by atoms with E-state index >= 15 is 0 Å². The summed E-state index contributed by atoms with van der Waals surface area (Å²) < 4.78 is 5.52. The third-order valence-corrected chi connectivity index (χ3v) is 4.85. The van der Waals surface area contributed by atoms with Gasteiger partial charge >= 0.3 is 0 Å². The van der Waals surface area contributed by atoms with Crippen LogP contribution in [0.1, 0.15) is 52.9 Å². The number of rotatable bonds is 5. The minimum Gasteiger partial charge on any atom is -0.377 e. The van der Waals surface area contributed by atoms with Crippen molar-refractivity contribution in [3.8, 4) is 0 Å². The van der Waals surface area contributed by atoms with Crippen molar-refractivity contribution in [1.29, 1.82) is 0 Å². The first kappa shape index (κ1) is 16.3. The molecule has 0 amide bonds. The molecule has 0 bridgehead atoms. The number of hydrogen-bond acceptors (Lipinski definition) is 1. The summed E-state index contributed by atoms with van der Waals surface area (Å²) in [5, 5.41) is 0. The van der Waals surface area contributed by atoms with Crippen molar-refractivity contribution in [2.45, 2.75) is 52.9 Å².